The van der Waals surface area contributed by atoms with Gasteiger partial charge in [0.15, 0.2) is 16.7 Å². The molecule has 0 unspecified atom stereocenters. The van der Waals surface area contributed by atoms with Crippen molar-refractivity contribution in [3.8, 4) is 6.07 Å². The van der Waals surface area contributed by atoms with Crippen molar-refractivity contribution in [2.45, 2.75) is 4.90 Å². The summed E-state index contributed by atoms with van der Waals surface area (Å²) >= 11 is 5.71. The van der Waals surface area contributed by atoms with Crippen LogP contribution in [0.2, 0.25) is 5.15 Å². The van der Waals surface area contributed by atoms with Crippen LogP contribution < -0.4 is 4.72 Å². The molecule has 0 aromatic carbocycles. The normalized spacial score (nSPS) is 10.7. The van der Waals surface area contributed by atoms with E-state index in [0.29, 0.717) is 0 Å². The number of halogens is 1. The number of rotatable bonds is 3. The quantitative estimate of drug-likeness (QED) is 0.911. The molecule has 2 rings (SSSR count). The van der Waals surface area contributed by atoms with Crippen LogP contribution in [0.3, 0.4) is 0 Å². The summed E-state index contributed by atoms with van der Waals surface area (Å²) in [5, 5.41) is 8.75. The lowest BCUT2D eigenvalue weighted by Crippen LogP contribution is -2.16. The van der Waals surface area contributed by atoms with Crippen LogP contribution in [0, 0.1) is 11.3 Å². The minimum atomic E-state index is -4.00. The summed E-state index contributed by atoms with van der Waals surface area (Å²) in [6.45, 7) is 0. The average molecular weight is 296 g/mol. The second-order valence-electron chi connectivity index (χ2n) is 3.26. The fraction of sp³-hybridized carbons (Fsp3) is 0. The number of nitrogens with zero attached hydrogens (tertiary/aromatic N) is 4. The van der Waals surface area contributed by atoms with Gasteiger partial charge in [-0.2, -0.15) is 5.26 Å². The van der Waals surface area contributed by atoms with E-state index in [2.05, 4.69) is 19.7 Å². The molecule has 2 aromatic rings. The molecule has 0 aliphatic heterocycles. The Balaban J connectivity index is 2.45. The highest BCUT2D eigenvalue weighted by molar-refractivity contribution is 7.92. The molecule has 7 nitrogen and oxygen atoms in total. The van der Waals surface area contributed by atoms with E-state index in [-0.39, 0.29) is 21.6 Å². The van der Waals surface area contributed by atoms with E-state index in [1.54, 1.807) is 6.07 Å². The van der Waals surface area contributed by atoms with Crippen molar-refractivity contribution in [1.82, 2.24) is 15.0 Å². The Bertz CT molecular complexity index is 757. The fourth-order valence-corrected chi connectivity index (χ4v) is 2.60. The van der Waals surface area contributed by atoms with E-state index in [1.165, 1.54) is 30.7 Å². The van der Waals surface area contributed by atoms with Gasteiger partial charge in [-0.05, 0) is 12.1 Å². The first-order valence-corrected chi connectivity index (χ1v) is 6.75. The highest BCUT2D eigenvalue weighted by Crippen LogP contribution is 2.20. The molecule has 0 aliphatic rings. The summed E-state index contributed by atoms with van der Waals surface area (Å²) in [5.74, 6) is -0.114. The van der Waals surface area contributed by atoms with E-state index in [4.69, 9.17) is 16.9 Å². The van der Waals surface area contributed by atoms with Crippen LogP contribution in [-0.2, 0) is 10.0 Å². The van der Waals surface area contributed by atoms with Crippen LogP contribution in [0.15, 0.2) is 35.6 Å². The van der Waals surface area contributed by atoms with Gasteiger partial charge >= 0.3 is 0 Å². The number of pyridine rings is 1. The molecule has 0 spiro atoms. The summed E-state index contributed by atoms with van der Waals surface area (Å²) in [4.78, 5) is 10.9. The summed E-state index contributed by atoms with van der Waals surface area (Å²) < 4.78 is 26.4. The third kappa shape index (κ3) is 2.78. The van der Waals surface area contributed by atoms with Gasteiger partial charge in [0, 0.05) is 18.6 Å². The second kappa shape index (κ2) is 5.17. The van der Waals surface area contributed by atoms with Crippen LogP contribution in [0.1, 0.15) is 5.69 Å². The second-order valence-corrected chi connectivity index (χ2v) is 5.27. The number of nitriles is 1. The van der Waals surface area contributed by atoms with Crippen molar-refractivity contribution in [3.63, 3.8) is 0 Å². The van der Waals surface area contributed by atoms with Gasteiger partial charge in [-0.25, -0.2) is 23.4 Å². The minimum absolute atomic E-state index is 0.0894. The Morgan fingerprint density at radius 3 is 2.63 bits per heavy atom. The average Bonchev–Trinajstić information content (AvgIpc) is 2.41. The van der Waals surface area contributed by atoms with E-state index in [9.17, 15) is 8.42 Å². The van der Waals surface area contributed by atoms with Gasteiger partial charge in [0.05, 0.1) is 0 Å². The molecule has 19 heavy (non-hydrogen) atoms. The molecule has 0 atom stereocenters. The maximum atomic E-state index is 12.1. The molecule has 0 amide bonds. The fourth-order valence-electron chi connectivity index (χ4n) is 1.26. The van der Waals surface area contributed by atoms with Crippen LogP contribution in [0.4, 0.5) is 5.82 Å². The van der Waals surface area contributed by atoms with Gasteiger partial charge in [-0.15, -0.1) is 0 Å². The number of nitrogens with one attached hydrogen (secondary N) is 1. The number of aromatic nitrogens is 3. The van der Waals surface area contributed by atoms with Gasteiger partial charge in [0.25, 0.3) is 10.0 Å². The monoisotopic (exact) mass is 295 g/mol. The Hall–Kier alpha value is -2.24. The Morgan fingerprint density at radius 1 is 1.21 bits per heavy atom. The molecular weight excluding hydrogens is 290 g/mol. The molecule has 0 radical (unpaired) electrons. The summed E-state index contributed by atoms with van der Waals surface area (Å²) in [6.07, 6.45) is 3.94. The molecule has 0 saturated heterocycles. The van der Waals surface area contributed by atoms with Crippen molar-refractivity contribution in [2.75, 3.05) is 4.72 Å². The first-order chi connectivity index (χ1) is 9.04. The number of hydrogen-bond acceptors (Lipinski definition) is 6. The third-order valence-corrected chi connectivity index (χ3v) is 3.70. The van der Waals surface area contributed by atoms with E-state index >= 15 is 0 Å². The molecule has 2 heterocycles. The van der Waals surface area contributed by atoms with Crippen molar-refractivity contribution < 1.29 is 8.42 Å². The van der Waals surface area contributed by atoms with E-state index < -0.39 is 10.0 Å². The van der Waals surface area contributed by atoms with Gasteiger partial charge in [-0.1, -0.05) is 11.6 Å². The topological polar surface area (TPSA) is 109 Å². The van der Waals surface area contributed by atoms with Crippen LogP contribution in [0.25, 0.3) is 0 Å². The Kier molecular flexibility index (Phi) is 3.59. The van der Waals surface area contributed by atoms with E-state index in [1.807, 2.05) is 0 Å². The lowest BCUT2D eigenvalue weighted by molar-refractivity contribution is 0.600. The minimum Gasteiger partial charge on any atom is -0.261 e. The third-order valence-electron chi connectivity index (χ3n) is 2.05. The maximum absolute atomic E-state index is 12.1. The van der Waals surface area contributed by atoms with Crippen molar-refractivity contribution >= 4 is 27.4 Å². The van der Waals surface area contributed by atoms with Gasteiger partial charge in [-0.3, -0.25) is 4.72 Å². The summed E-state index contributed by atoms with van der Waals surface area (Å²) in [5.41, 5.74) is -0.213. The standard InChI is InChI=1S/C10H6ClN5O2S/c11-9-10(15-5-4-14-9)16-19(17,18)8-2-1-3-13-7(8)6-12/h1-5H,(H,15,16). The molecule has 9 heteroatoms. The SMILES string of the molecule is N#Cc1ncccc1S(=O)(=O)Nc1nccnc1Cl. The lowest BCUT2D eigenvalue weighted by Gasteiger charge is -2.08. The first kappa shape index (κ1) is 13.2. The molecule has 2 aromatic heterocycles. The van der Waals surface area contributed by atoms with Crippen LogP contribution in [0.5, 0.6) is 0 Å². The lowest BCUT2D eigenvalue weighted by atomic mass is 10.4. The zero-order valence-electron chi connectivity index (χ0n) is 9.28. The predicted octanol–water partition coefficient (Wildman–Crippen LogP) is 1.20. The summed E-state index contributed by atoms with van der Waals surface area (Å²) in [7, 11) is -4.00. The largest absolute Gasteiger partial charge is 0.266 e. The van der Waals surface area contributed by atoms with E-state index in [0.717, 1.165) is 0 Å². The number of sulfonamides is 1. The molecule has 0 bridgehead atoms. The van der Waals surface area contributed by atoms with Gasteiger partial charge < -0.3 is 0 Å². The number of hydrogen-bond donors (Lipinski definition) is 1. The molecule has 0 saturated carbocycles. The molecule has 1 N–H and O–H groups in total. The van der Waals surface area contributed by atoms with Crippen LogP contribution >= 0.6 is 11.6 Å². The highest BCUT2D eigenvalue weighted by atomic mass is 35.5. The Labute approximate surface area is 114 Å². The van der Waals surface area contributed by atoms with Crippen molar-refractivity contribution in [2.24, 2.45) is 0 Å². The zero-order chi connectivity index (χ0) is 13.9. The first-order valence-electron chi connectivity index (χ1n) is 4.89. The molecule has 96 valence electrons. The van der Waals surface area contributed by atoms with Gasteiger partial charge in [0.1, 0.15) is 11.0 Å². The Morgan fingerprint density at radius 2 is 1.95 bits per heavy atom. The smallest absolute Gasteiger partial charge is 0.261 e. The number of anilines is 1. The molecule has 0 aliphatic carbocycles. The van der Waals surface area contributed by atoms with Crippen molar-refractivity contribution in [3.05, 3.63) is 41.6 Å². The predicted molar refractivity (Wildman–Crippen MR) is 66.8 cm³/mol. The molecular formula is C10H6ClN5O2S. The highest BCUT2D eigenvalue weighted by Gasteiger charge is 2.21. The molecule has 0 fully saturated rings. The summed E-state index contributed by atoms with van der Waals surface area (Å²) in [6, 6.07) is 4.38. The van der Waals surface area contributed by atoms with Crippen LogP contribution in [-0.4, -0.2) is 23.4 Å². The maximum Gasteiger partial charge on any atom is 0.266 e. The zero-order valence-corrected chi connectivity index (χ0v) is 10.9. The van der Waals surface area contributed by atoms with Crippen molar-refractivity contribution in [1.29, 1.82) is 5.26 Å². The van der Waals surface area contributed by atoms with Gasteiger partial charge in [0.2, 0.25) is 0 Å².